The van der Waals surface area contributed by atoms with Gasteiger partial charge in [-0.05, 0) is 6.54 Å². The van der Waals surface area contributed by atoms with Crippen molar-refractivity contribution in [3.05, 3.63) is 0 Å². The Balaban J connectivity index is 3.18. The molecule has 0 heterocycles. The van der Waals surface area contributed by atoms with Crippen LogP contribution in [0.15, 0.2) is 0 Å². The number of carbonyl (C=O) groups excluding carboxylic acids is 1. The lowest BCUT2D eigenvalue weighted by molar-refractivity contribution is -0.131. The van der Waals surface area contributed by atoms with Crippen LogP contribution in [0.5, 0.6) is 0 Å². The van der Waals surface area contributed by atoms with E-state index in [1.165, 1.54) is 0 Å². The molecule has 66 valence electrons. The van der Waals surface area contributed by atoms with E-state index in [9.17, 15) is 13.6 Å². The van der Waals surface area contributed by atoms with E-state index in [1.807, 2.05) is 6.92 Å². The summed E-state index contributed by atoms with van der Waals surface area (Å²) in [5.41, 5.74) is 0. The Morgan fingerprint density at radius 1 is 1.45 bits per heavy atom. The molecule has 0 rings (SSSR count). The van der Waals surface area contributed by atoms with Gasteiger partial charge in [0.2, 0.25) is 0 Å². The Morgan fingerprint density at radius 2 is 2.09 bits per heavy atom. The molecule has 0 aliphatic rings. The van der Waals surface area contributed by atoms with E-state index in [0.717, 1.165) is 6.54 Å². The van der Waals surface area contributed by atoms with Crippen LogP contribution in [0, 0.1) is 0 Å². The van der Waals surface area contributed by atoms with E-state index < -0.39 is 12.3 Å². The van der Waals surface area contributed by atoms with Crippen molar-refractivity contribution in [1.29, 1.82) is 0 Å². The summed E-state index contributed by atoms with van der Waals surface area (Å²) < 4.78 is 23.0. The van der Waals surface area contributed by atoms with Crippen molar-refractivity contribution in [2.45, 2.75) is 13.3 Å². The molecule has 0 aromatic heterocycles. The number of likely N-dealkylation sites (N-methyl/N-ethyl adjacent to an activating group) is 1. The number of hydrogen-bond acceptors (Lipinski definition) is 2. The third-order valence-corrected chi connectivity index (χ3v) is 1.05. The first kappa shape index (κ1) is 10.3. The van der Waals surface area contributed by atoms with Crippen molar-refractivity contribution in [3.63, 3.8) is 0 Å². The van der Waals surface area contributed by atoms with Gasteiger partial charge in [-0.2, -0.15) is 8.78 Å². The molecule has 0 bridgehead atoms. The van der Waals surface area contributed by atoms with Gasteiger partial charge in [0.05, 0.1) is 0 Å². The van der Waals surface area contributed by atoms with Gasteiger partial charge in [0.15, 0.2) is 0 Å². The number of amides is 1. The summed E-state index contributed by atoms with van der Waals surface area (Å²) in [7, 11) is 0. The van der Waals surface area contributed by atoms with Crippen LogP contribution in [-0.4, -0.2) is 32.0 Å². The predicted octanol–water partition coefficient (Wildman–Crippen LogP) is -0.0228. The number of alkyl halides is 2. The number of carbonyl (C=O) groups is 1. The average Bonchev–Trinajstić information content (AvgIpc) is 1.97. The minimum atomic E-state index is -2.91. The average molecular weight is 166 g/mol. The molecule has 0 atom stereocenters. The Bertz CT molecular complexity index is 119. The molecule has 0 saturated heterocycles. The minimum Gasteiger partial charge on any atom is -0.350 e. The van der Waals surface area contributed by atoms with Gasteiger partial charge in [-0.25, -0.2) is 0 Å². The van der Waals surface area contributed by atoms with E-state index >= 15 is 0 Å². The fourth-order valence-corrected chi connectivity index (χ4v) is 0.528. The molecule has 0 spiro atoms. The fourth-order valence-electron chi connectivity index (χ4n) is 0.528. The van der Waals surface area contributed by atoms with Crippen LogP contribution in [0.4, 0.5) is 8.78 Å². The Morgan fingerprint density at radius 3 is 2.55 bits per heavy atom. The van der Waals surface area contributed by atoms with Crippen LogP contribution >= 0.6 is 0 Å². The summed E-state index contributed by atoms with van der Waals surface area (Å²) in [5, 5.41) is 4.95. The van der Waals surface area contributed by atoms with Crippen molar-refractivity contribution in [3.8, 4) is 0 Å². The summed E-state index contributed by atoms with van der Waals surface area (Å²) in [6.07, 6.45) is -2.91. The fraction of sp³-hybridized carbons (Fsp3) is 0.833. The first-order valence-electron chi connectivity index (χ1n) is 3.45. The van der Waals surface area contributed by atoms with Crippen LogP contribution in [0.3, 0.4) is 0 Å². The summed E-state index contributed by atoms with van der Waals surface area (Å²) in [6.45, 7) is 3.44. The van der Waals surface area contributed by atoms with Crippen LogP contribution in [0.1, 0.15) is 6.92 Å². The number of nitrogens with one attached hydrogen (secondary N) is 2. The largest absolute Gasteiger partial charge is 0.350 e. The zero-order valence-electron chi connectivity index (χ0n) is 6.36. The van der Waals surface area contributed by atoms with Gasteiger partial charge in [-0.3, -0.25) is 4.79 Å². The third-order valence-electron chi connectivity index (χ3n) is 1.05. The number of hydrogen-bond donors (Lipinski definition) is 2. The van der Waals surface area contributed by atoms with Gasteiger partial charge in [-0.1, -0.05) is 6.92 Å². The highest BCUT2D eigenvalue weighted by Gasteiger charge is 2.12. The minimum absolute atomic E-state index is 0.247. The second kappa shape index (κ2) is 6.03. The predicted molar refractivity (Wildman–Crippen MR) is 37.6 cm³/mol. The lowest BCUT2D eigenvalue weighted by Crippen LogP contribution is -2.35. The van der Waals surface area contributed by atoms with E-state index in [4.69, 9.17) is 0 Å². The molecule has 0 aliphatic carbocycles. The normalized spacial score (nSPS) is 10.2. The van der Waals surface area contributed by atoms with E-state index in [-0.39, 0.29) is 6.54 Å². The van der Waals surface area contributed by atoms with Gasteiger partial charge in [0, 0.05) is 13.1 Å². The maximum atomic E-state index is 11.5. The van der Waals surface area contributed by atoms with Gasteiger partial charge >= 0.3 is 6.43 Å². The molecule has 0 saturated carbocycles. The van der Waals surface area contributed by atoms with Gasteiger partial charge in [-0.15, -0.1) is 0 Å². The molecular weight excluding hydrogens is 154 g/mol. The SMILES string of the molecule is CCNCCNC(=O)C(F)F. The van der Waals surface area contributed by atoms with Crippen LogP contribution < -0.4 is 10.6 Å². The maximum absolute atomic E-state index is 11.5. The smallest absolute Gasteiger partial charge is 0.315 e. The Labute approximate surface area is 64.2 Å². The van der Waals surface area contributed by atoms with Gasteiger partial charge in [0.25, 0.3) is 5.91 Å². The molecule has 0 radical (unpaired) electrons. The molecule has 0 aromatic rings. The highest BCUT2D eigenvalue weighted by molar-refractivity contribution is 5.78. The van der Waals surface area contributed by atoms with Crippen molar-refractivity contribution >= 4 is 5.91 Å². The lowest BCUT2D eigenvalue weighted by Gasteiger charge is -2.03. The van der Waals surface area contributed by atoms with E-state index in [2.05, 4.69) is 10.6 Å². The monoisotopic (exact) mass is 166 g/mol. The first-order valence-corrected chi connectivity index (χ1v) is 3.45. The molecule has 0 aromatic carbocycles. The van der Waals surface area contributed by atoms with Gasteiger partial charge in [0.1, 0.15) is 0 Å². The lowest BCUT2D eigenvalue weighted by atomic mass is 10.5. The number of rotatable bonds is 5. The second-order valence-corrected chi connectivity index (χ2v) is 1.95. The van der Waals surface area contributed by atoms with Gasteiger partial charge < -0.3 is 10.6 Å². The Kier molecular flexibility index (Phi) is 5.64. The van der Waals surface area contributed by atoms with Crippen LogP contribution in [0.25, 0.3) is 0 Å². The quantitative estimate of drug-likeness (QED) is 0.563. The van der Waals surface area contributed by atoms with Crippen molar-refractivity contribution < 1.29 is 13.6 Å². The molecule has 5 heteroatoms. The zero-order valence-corrected chi connectivity index (χ0v) is 6.36. The van der Waals surface area contributed by atoms with Crippen molar-refractivity contribution in [1.82, 2.24) is 10.6 Å². The topological polar surface area (TPSA) is 41.1 Å². The highest BCUT2D eigenvalue weighted by atomic mass is 19.3. The molecular formula is C6H12F2N2O. The van der Waals surface area contributed by atoms with Crippen LogP contribution in [0.2, 0.25) is 0 Å². The van der Waals surface area contributed by atoms with E-state index in [1.54, 1.807) is 0 Å². The zero-order chi connectivity index (χ0) is 8.69. The molecule has 0 fully saturated rings. The molecule has 11 heavy (non-hydrogen) atoms. The first-order chi connectivity index (χ1) is 5.18. The van der Waals surface area contributed by atoms with Crippen molar-refractivity contribution in [2.75, 3.05) is 19.6 Å². The summed E-state index contributed by atoms with van der Waals surface area (Å²) >= 11 is 0. The Hall–Kier alpha value is -0.710. The third kappa shape index (κ3) is 5.72. The molecule has 1 amide bonds. The highest BCUT2D eigenvalue weighted by Crippen LogP contribution is 1.89. The standard InChI is InChI=1S/C6H12F2N2O/c1-2-9-3-4-10-6(11)5(7)8/h5,9H,2-4H2,1H3,(H,10,11). The summed E-state index contributed by atoms with van der Waals surface area (Å²) in [6, 6.07) is 0. The maximum Gasteiger partial charge on any atom is 0.315 e. The molecule has 2 N–H and O–H groups in total. The summed E-state index contributed by atoms with van der Waals surface area (Å²) in [4.78, 5) is 10.2. The van der Waals surface area contributed by atoms with Crippen LogP contribution in [-0.2, 0) is 4.79 Å². The molecule has 0 unspecified atom stereocenters. The van der Waals surface area contributed by atoms with Crippen molar-refractivity contribution in [2.24, 2.45) is 0 Å². The molecule has 0 aliphatic heterocycles. The van der Waals surface area contributed by atoms with E-state index in [0.29, 0.717) is 6.54 Å². The second-order valence-electron chi connectivity index (χ2n) is 1.95. The summed E-state index contributed by atoms with van der Waals surface area (Å²) in [5.74, 6) is -1.21. The number of halogens is 2. The molecule has 3 nitrogen and oxygen atoms in total.